The first-order valence-electron chi connectivity index (χ1n) is 21.8. The molecule has 0 bridgehead atoms. The second kappa shape index (κ2) is 13.3. The fraction of sp³-hybridized carbons (Fsp3) is 0.308. The van der Waals surface area contributed by atoms with Crippen molar-refractivity contribution in [2.75, 3.05) is 0 Å². The molecule has 0 amide bonds. The number of nitrogens with zero attached hydrogens (tertiary/aromatic N) is 4. The van der Waals surface area contributed by atoms with E-state index in [-0.39, 0.29) is 37.3 Å². The van der Waals surface area contributed by atoms with Gasteiger partial charge in [-0.2, -0.15) is 0 Å². The molecule has 0 fully saturated rings. The van der Waals surface area contributed by atoms with Gasteiger partial charge in [0.05, 0.1) is 23.4 Å². The van der Waals surface area contributed by atoms with Crippen LogP contribution in [0.25, 0.3) is 55.5 Å². The van der Waals surface area contributed by atoms with Crippen LogP contribution in [0.3, 0.4) is 0 Å². The largest absolute Gasteiger partial charge is 2.00 e. The van der Waals surface area contributed by atoms with Crippen molar-refractivity contribution in [3.63, 3.8) is 0 Å². The number of para-hydroxylation sites is 1. The summed E-state index contributed by atoms with van der Waals surface area (Å²) in [4.78, 5) is 10.4. The van der Waals surface area contributed by atoms with Gasteiger partial charge in [-0.15, -0.1) is 29.8 Å². The standard InChI is InChI=1S/C52H50N4O.Pt/c1-30(2)36-18-14-19-37(31(3)4)46(36)55-27-43(53-29-55)33-15-13-16-34(25-33)57-35-22-23-38-40(26-35)49-54-45-39-17-11-12-20-41(39)50(6,7)28-52(10)48(45)56(49)47-42(51(52,8)9)24-21-32(5)44(38)47;/h11-24,27,29-31H,28H2,1-10H3;/q-2;+2/i5D3;. The van der Waals surface area contributed by atoms with Crippen LogP contribution in [0.2, 0.25) is 0 Å². The van der Waals surface area contributed by atoms with Gasteiger partial charge in [0.2, 0.25) is 0 Å². The van der Waals surface area contributed by atoms with E-state index in [1.54, 1.807) is 0 Å². The third-order valence-corrected chi connectivity index (χ3v) is 13.4. The zero-order valence-corrected chi connectivity index (χ0v) is 36.9. The summed E-state index contributed by atoms with van der Waals surface area (Å²) in [5.41, 5.74) is 12.0. The molecule has 294 valence electrons. The molecule has 0 spiro atoms. The van der Waals surface area contributed by atoms with Crippen LogP contribution in [0.1, 0.15) is 118 Å². The number of benzene rings is 5. The summed E-state index contributed by atoms with van der Waals surface area (Å²) in [5, 5.41) is 2.22. The number of hydrogen-bond acceptors (Lipinski definition) is 3. The molecule has 6 heteroatoms. The number of pyridine rings is 1. The van der Waals surface area contributed by atoms with Crippen molar-refractivity contribution in [1.82, 2.24) is 18.9 Å². The predicted octanol–water partition coefficient (Wildman–Crippen LogP) is 13.3. The maximum atomic E-state index is 8.75. The van der Waals surface area contributed by atoms with Crippen LogP contribution in [0.15, 0.2) is 97.5 Å². The Balaban J connectivity index is 0.00000476. The molecule has 1 unspecified atom stereocenters. The van der Waals surface area contributed by atoms with Crippen LogP contribution >= 0.6 is 0 Å². The molecule has 1 atom stereocenters. The number of imidazole rings is 2. The molecular formula is C52H50N4OPt. The molecule has 5 nitrogen and oxygen atoms in total. The van der Waals surface area contributed by atoms with E-state index in [4.69, 9.17) is 18.8 Å². The minimum atomic E-state index is -2.35. The van der Waals surface area contributed by atoms with E-state index in [0.29, 0.717) is 39.7 Å². The Morgan fingerprint density at radius 2 is 1.52 bits per heavy atom. The van der Waals surface area contributed by atoms with Crippen molar-refractivity contribution in [2.24, 2.45) is 0 Å². The van der Waals surface area contributed by atoms with Gasteiger partial charge in [0.15, 0.2) is 0 Å². The third kappa shape index (κ3) is 5.38. The Morgan fingerprint density at radius 3 is 2.26 bits per heavy atom. The number of fused-ring (bicyclic) bond motifs is 5. The maximum absolute atomic E-state index is 8.75. The van der Waals surface area contributed by atoms with Crippen LogP contribution in [0.4, 0.5) is 0 Å². The minimum Gasteiger partial charge on any atom is -0.497 e. The first-order valence-corrected chi connectivity index (χ1v) is 20.3. The molecule has 58 heavy (non-hydrogen) atoms. The summed E-state index contributed by atoms with van der Waals surface area (Å²) in [5.74, 6) is 1.72. The van der Waals surface area contributed by atoms with Gasteiger partial charge in [0, 0.05) is 48.9 Å². The van der Waals surface area contributed by atoms with Gasteiger partial charge < -0.3 is 13.7 Å². The van der Waals surface area contributed by atoms with E-state index in [1.807, 2.05) is 42.7 Å². The van der Waals surface area contributed by atoms with Gasteiger partial charge in [-0.3, -0.25) is 9.97 Å². The van der Waals surface area contributed by atoms with E-state index < -0.39 is 6.85 Å². The van der Waals surface area contributed by atoms with E-state index in [9.17, 15) is 0 Å². The molecule has 8 aromatic rings. The maximum Gasteiger partial charge on any atom is 2.00 e. The van der Waals surface area contributed by atoms with Gasteiger partial charge >= 0.3 is 21.1 Å². The summed E-state index contributed by atoms with van der Waals surface area (Å²) in [7, 11) is 0. The molecular weight excluding hydrogens is 892 g/mol. The van der Waals surface area contributed by atoms with Gasteiger partial charge in [0.25, 0.3) is 0 Å². The van der Waals surface area contributed by atoms with Gasteiger partial charge in [-0.1, -0.05) is 151 Å². The summed E-state index contributed by atoms with van der Waals surface area (Å²) in [6.07, 6.45) is 4.84. The van der Waals surface area contributed by atoms with Crippen LogP contribution in [0, 0.1) is 19.0 Å². The van der Waals surface area contributed by atoms with Crippen LogP contribution < -0.4 is 4.74 Å². The van der Waals surface area contributed by atoms with Crippen molar-refractivity contribution in [1.29, 1.82) is 0 Å². The van der Waals surface area contributed by atoms with Gasteiger partial charge in [-0.25, -0.2) is 0 Å². The average Bonchev–Trinajstić information content (AvgIpc) is 3.85. The first-order chi connectivity index (χ1) is 28.4. The molecule has 0 saturated carbocycles. The second-order valence-electron chi connectivity index (χ2n) is 18.3. The molecule has 4 heterocycles. The molecule has 5 aromatic carbocycles. The molecule has 1 aliphatic heterocycles. The van der Waals surface area contributed by atoms with E-state index >= 15 is 0 Å². The topological polar surface area (TPSA) is 44.3 Å². The third-order valence-electron chi connectivity index (χ3n) is 13.4. The smallest absolute Gasteiger partial charge is 0.497 e. The summed E-state index contributed by atoms with van der Waals surface area (Å²) in [6.45, 7) is 18.3. The number of ether oxygens (including phenoxy) is 1. The van der Waals surface area contributed by atoms with Crippen molar-refractivity contribution in [2.45, 2.75) is 104 Å². The zero-order chi connectivity index (χ0) is 42.3. The molecule has 1 aliphatic carbocycles. The van der Waals surface area contributed by atoms with Crippen LogP contribution in [0.5, 0.6) is 11.5 Å². The van der Waals surface area contributed by atoms with E-state index in [0.717, 1.165) is 56.7 Å². The Hall–Kier alpha value is -4.99. The number of aryl methyl sites for hydroxylation is 1. The molecule has 10 rings (SSSR count). The van der Waals surface area contributed by atoms with E-state index in [2.05, 4.69) is 138 Å². The Morgan fingerprint density at radius 1 is 0.793 bits per heavy atom. The predicted molar refractivity (Wildman–Crippen MR) is 233 cm³/mol. The molecule has 0 saturated heterocycles. The number of aromatic nitrogens is 4. The van der Waals surface area contributed by atoms with E-state index in [1.165, 1.54) is 22.4 Å². The zero-order valence-electron chi connectivity index (χ0n) is 37.6. The summed E-state index contributed by atoms with van der Waals surface area (Å²) in [6, 6.07) is 35.9. The van der Waals surface area contributed by atoms with Crippen LogP contribution in [-0.2, 0) is 37.3 Å². The second-order valence-corrected chi connectivity index (χ2v) is 18.3. The number of hydrogen-bond donors (Lipinski definition) is 0. The van der Waals surface area contributed by atoms with Crippen molar-refractivity contribution >= 4 is 27.3 Å². The Labute approximate surface area is 361 Å². The molecule has 0 N–H and O–H groups in total. The summed E-state index contributed by atoms with van der Waals surface area (Å²) >= 11 is 0. The normalized spacial score (nSPS) is 18.6. The van der Waals surface area contributed by atoms with Crippen molar-refractivity contribution < 1.29 is 29.9 Å². The fourth-order valence-electron chi connectivity index (χ4n) is 10.3. The molecule has 0 radical (unpaired) electrons. The molecule has 2 aliphatic rings. The van der Waals surface area contributed by atoms with Gasteiger partial charge in [0.1, 0.15) is 0 Å². The summed E-state index contributed by atoms with van der Waals surface area (Å²) < 4.78 is 37.3. The Bertz CT molecular complexity index is 3050. The molecule has 3 aromatic heterocycles. The first kappa shape index (κ1) is 35.0. The van der Waals surface area contributed by atoms with Crippen LogP contribution in [-0.4, -0.2) is 18.9 Å². The van der Waals surface area contributed by atoms with Crippen molar-refractivity contribution in [3.05, 3.63) is 143 Å². The Kier molecular flexibility index (Phi) is 8.00. The minimum absolute atomic E-state index is 0. The van der Waals surface area contributed by atoms with Crippen molar-refractivity contribution in [3.8, 4) is 39.7 Å². The average molecular weight is 945 g/mol. The SMILES string of the molecule is [2H]C([2H])([2H])c1ccc2c3c1c1ccc(Oc4[c-]c(-c5cn(-c6c(C(C)C)cccc6C(C)C)cn5)ccc4)[c-]c1c1nc4c(n13)C(C)(CC(C)(C)c1ccccc1-4)C2(C)C.[Pt+2]. The quantitative estimate of drug-likeness (QED) is 0.123. The number of rotatable bonds is 6. The van der Waals surface area contributed by atoms with Gasteiger partial charge in [-0.05, 0) is 64.4 Å². The monoisotopic (exact) mass is 944 g/mol. The fourth-order valence-corrected chi connectivity index (χ4v) is 10.3.